The first-order chi connectivity index (χ1) is 18.2. The van der Waals surface area contributed by atoms with E-state index < -0.39 is 0 Å². The molecule has 0 radical (unpaired) electrons. The van der Waals surface area contributed by atoms with Crippen molar-refractivity contribution in [2.75, 3.05) is 6.61 Å². The summed E-state index contributed by atoms with van der Waals surface area (Å²) in [6.07, 6.45) is 13.5. The number of rotatable bonds is 10. The Hall–Kier alpha value is -1.88. The minimum absolute atomic E-state index is 0.0377. The van der Waals surface area contributed by atoms with E-state index in [1.165, 1.54) is 12.0 Å². The van der Waals surface area contributed by atoms with Crippen molar-refractivity contribution in [1.82, 2.24) is 0 Å². The van der Waals surface area contributed by atoms with Crippen LogP contribution in [0.1, 0.15) is 115 Å². The second kappa shape index (κ2) is 11.3. The fraction of sp³-hybridized carbons (Fsp3) is 0.758. The predicted octanol–water partition coefficient (Wildman–Crippen LogP) is 6.56. The molecule has 0 aliphatic heterocycles. The summed E-state index contributed by atoms with van der Waals surface area (Å²) >= 11 is 0. The van der Waals surface area contributed by atoms with E-state index in [9.17, 15) is 14.7 Å². The van der Waals surface area contributed by atoms with Gasteiger partial charge in [0.1, 0.15) is 11.5 Å². The Kier molecular flexibility index (Phi) is 8.24. The molecular weight excluding hydrogens is 474 g/mol. The highest BCUT2D eigenvalue weighted by molar-refractivity contribution is 5.79. The monoisotopic (exact) mass is 523 g/mol. The minimum Gasteiger partial charge on any atom is -0.494 e. The van der Waals surface area contributed by atoms with Crippen molar-refractivity contribution >= 4 is 11.7 Å². The van der Waals surface area contributed by atoms with Crippen molar-refractivity contribution in [1.29, 1.82) is 0 Å². The van der Waals surface area contributed by atoms with Crippen LogP contribution >= 0.6 is 0 Å². The fourth-order valence-corrected chi connectivity index (χ4v) is 9.32. The maximum Gasteiger partial charge on any atom is 0.217 e. The van der Waals surface area contributed by atoms with Crippen molar-refractivity contribution in [3.8, 4) is 5.75 Å². The van der Waals surface area contributed by atoms with E-state index in [1.807, 2.05) is 0 Å². The molecule has 0 spiro atoms. The maximum absolute atomic E-state index is 12.5. The normalized spacial score (nSPS) is 38.2. The van der Waals surface area contributed by atoms with Gasteiger partial charge in [0.15, 0.2) is 0 Å². The van der Waals surface area contributed by atoms with Gasteiger partial charge in [0.2, 0.25) is 5.91 Å². The SMILES string of the molecule is C[C@]12CCC(=O)C[C@@H]1C[C@@H](c1ccc(OCCCCCCCC(N)=O)cc1)[C@@H]1[C@@H]2CC[C@]2(C)[C@@H](O)CC[C@@H]12. The number of unbranched alkanes of at least 4 members (excludes halogenated alkanes) is 4. The zero-order chi connectivity index (χ0) is 26.9. The molecule has 4 saturated carbocycles. The molecule has 0 bridgehead atoms. The number of hydrogen-bond donors (Lipinski definition) is 2. The van der Waals surface area contributed by atoms with Crippen LogP contribution < -0.4 is 10.5 Å². The van der Waals surface area contributed by atoms with Gasteiger partial charge in [-0.1, -0.05) is 45.2 Å². The Labute approximate surface area is 229 Å². The third kappa shape index (κ3) is 5.29. The molecule has 8 atom stereocenters. The summed E-state index contributed by atoms with van der Waals surface area (Å²) < 4.78 is 6.06. The van der Waals surface area contributed by atoms with Crippen LogP contribution in [-0.2, 0) is 9.59 Å². The van der Waals surface area contributed by atoms with E-state index >= 15 is 0 Å². The Balaban J connectivity index is 1.26. The molecule has 0 heterocycles. The van der Waals surface area contributed by atoms with Gasteiger partial charge in [0.05, 0.1) is 12.7 Å². The van der Waals surface area contributed by atoms with E-state index in [2.05, 4.69) is 38.1 Å². The first-order valence-electron chi connectivity index (χ1n) is 15.4. The van der Waals surface area contributed by atoms with Crippen molar-refractivity contribution < 1.29 is 19.4 Å². The molecule has 4 aliphatic rings. The molecule has 0 aromatic heterocycles. The lowest BCUT2D eigenvalue weighted by Gasteiger charge is -2.62. The van der Waals surface area contributed by atoms with Gasteiger partial charge in [-0.3, -0.25) is 9.59 Å². The fourth-order valence-electron chi connectivity index (χ4n) is 9.32. The van der Waals surface area contributed by atoms with Crippen LogP contribution in [0.2, 0.25) is 0 Å². The Morgan fingerprint density at radius 3 is 2.45 bits per heavy atom. The van der Waals surface area contributed by atoms with Crippen molar-refractivity contribution in [2.24, 2.45) is 40.2 Å². The summed E-state index contributed by atoms with van der Waals surface area (Å²) in [5, 5.41) is 11.0. The van der Waals surface area contributed by atoms with Crippen molar-refractivity contribution in [2.45, 2.75) is 116 Å². The predicted molar refractivity (Wildman–Crippen MR) is 150 cm³/mol. The van der Waals surface area contributed by atoms with E-state index in [0.717, 1.165) is 82.8 Å². The quantitative estimate of drug-likeness (QED) is 0.340. The van der Waals surface area contributed by atoms with Crippen LogP contribution in [0.25, 0.3) is 0 Å². The van der Waals surface area contributed by atoms with Gasteiger partial charge in [0, 0.05) is 19.3 Å². The molecule has 4 aliphatic carbocycles. The Morgan fingerprint density at radius 2 is 1.68 bits per heavy atom. The molecular formula is C33H49NO4. The molecule has 1 amide bonds. The standard InChI is InChI=1S/C33H49NO4/c1-32-17-15-24(35)20-23(32)21-26(31-27-13-14-29(36)33(27,2)18-16-28(31)32)22-9-11-25(12-10-22)38-19-7-5-3-4-6-8-30(34)37/h9-12,23,26-29,31,36H,3-8,13-21H2,1-2H3,(H2,34,37)/t23-,26+,27+,28+,29+,31+,32+,33+/m1/s1. The van der Waals surface area contributed by atoms with Crippen LogP contribution in [0.4, 0.5) is 0 Å². The van der Waals surface area contributed by atoms with Crippen LogP contribution in [0.3, 0.4) is 0 Å². The lowest BCUT2D eigenvalue weighted by Crippen LogP contribution is -2.56. The average Bonchev–Trinajstić information content (AvgIpc) is 3.20. The van der Waals surface area contributed by atoms with Crippen molar-refractivity contribution in [3.05, 3.63) is 29.8 Å². The zero-order valence-electron chi connectivity index (χ0n) is 23.6. The van der Waals surface area contributed by atoms with Gasteiger partial charge in [-0.25, -0.2) is 0 Å². The van der Waals surface area contributed by atoms with E-state index in [0.29, 0.717) is 48.4 Å². The first kappa shape index (κ1) is 27.7. The third-order valence-corrected chi connectivity index (χ3v) is 11.6. The zero-order valence-corrected chi connectivity index (χ0v) is 23.6. The number of hydrogen-bond acceptors (Lipinski definition) is 4. The van der Waals surface area contributed by atoms with Crippen molar-refractivity contribution in [3.63, 3.8) is 0 Å². The van der Waals surface area contributed by atoms with Crippen LogP contribution in [0, 0.1) is 34.5 Å². The molecule has 38 heavy (non-hydrogen) atoms. The molecule has 1 aromatic rings. The van der Waals surface area contributed by atoms with Crippen LogP contribution in [0.5, 0.6) is 5.75 Å². The molecule has 210 valence electrons. The highest BCUT2D eigenvalue weighted by Gasteiger charge is 2.62. The molecule has 3 N–H and O–H groups in total. The van der Waals surface area contributed by atoms with Gasteiger partial charge in [-0.2, -0.15) is 0 Å². The molecule has 5 nitrogen and oxygen atoms in total. The lowest BCUT2D eigenvalue weighted by molar-refractivity contribution is -0.146. The summed E-state index contributed by atoms with van der Waals surface area (Å²) in [4.78, 5) is 23.4. The summed E-state index contributed by atoms with van der Waals surface area (Å²) in [5.41, 5.74) is 6.89. The molecule has 4 fully saturated rings. The Bertz CT molecular complexity index is 991. The molecule has 0 unspecified atom stereocenters. The lowest BCUT2D eigenvalue weighted by atomic mass is 9.42. The number of fused-ring (bicyclic) bond motifs is 5. The average molecular weight is 524 g/mol. The van der Waals surface area contributed by atoms with Gasteiger partial charge >= 0.3 is 0 Å². The number of aliphatic hydroxyl groups excluding tert-OH is 1. The highest BCUT2D eigenvalue weighted by atomic mass is 16.5. The number of ketones is 1. The summed E-state index contributed by atoms with van der Waals surface area (Å²) in [5.74, 6) is 3.90. The van der Waals surface area contributed by atoms with Gasteiger partial charge in [-0.05, 0) is 109 Å². The molecule has 1 aromatic carbocycles. The van der Waals surface area contributed by atoms with Crippen LogP contribution in [0.15, 0.2) is 24.3 Å². The number of benzene rings is 1. The Morgan fingerprint density at radius 1 is 0.974 bits per heavy atom. The number of carbonyl (C=O) groups is 2. The second-order valence-electron chi connectivity index (χ2n) is 13.6. The van der Waals surface area contributed by atoms with E-state index in [1.54, 1.807) is 0 Å². The van der Waals surface area contributed by atoms with Gasteiger partial charge in [-0.15, -0.1) is 0 Å². The summed E-state index contributed by atoms with van der Waals surface area (Å²) in [7, 11) is 0. The topological polar surface area (TPSA) is 89.6 Å². The van der Waals surface area contributed by atoms with E-state index in [-0.39, 0.29) is 22.8 Å². The molecule has 5 rings (SSSR count). The summed E-state index contributed by atoms with van der Waals surface area (Å²) in [6.45, 7) is 5.57. The maximum atomic E-state index is 12.5. The third-order valence-electron chi connectivity index (χ3n) is 11.6. The molecule has 5 heteroatoms. The number of Topliss-reactive ketones (excluding diaryl/α,β-unsaturated/α-hetero) is 1. The first-order valence-corrected chi connectivity index (χ1v) is 15.4. The number of amides is 1. The van der Waals surface area contributed by atoms with Crippen LogP contribution in [-0.4, -0.2) is 29.5 Å². The second-order valence-corrected chi connectivity index (χ2v) is 13.6. The molecule has 0 saturated heterocycles. The van der Waals surface area contributed by atoms with Gasteiger partial charge in [0.25, 0.3) is 0 Å². The smallest absolute Gasteiger partial charge is 0.217 e. The summed E-state index contributed by atoms with van der Waals surface area (Å²) in [6, 6.07) is 8.85. The highest BCUT2D eigenvalue weighted by Crippen LogP contribution is 2.68. The number of carbonyl (C=O) groups excluding carboxylic acids is 2. The van der Waals surface area contributed by atoms with E-state index in [4.69, 9.17) is 10.5 Å². The minimum atomic E-state index is -0.208. The van der Waals surface area contributed by atoms with Gasteiger partial charge < -0.3 is 15.6 Å². The number of ether oxygens (including phenoxy) is 1. The largest absolute Gasteiger partial charge is 0.494 e. The number of nitrogens with two attached hydrogens (primary N) is 1. The number of primary amides is 1. The number of aliphatic hydroxyl groups is 1.